The summed E-state index contributed by atoms with van der Waals surface area (Å²) in [5.41, 5.74) is 2.26. The molecule has 3 N–H and O–H groups in total. The van der Waals surface area contributed by atoms with E-state index in [1.165, 1.54) is 6.92 Å². The van der Waals surface area contributed by atoms with Crippen LogP contribution >= 0.6 is 0 Å². The number of anilines is 4. The van der Waals surface area contributed by atoms with E-state index < -0.39 is 5.82 Å². The summed E-state index contributed by atoms with van der Waals surface area (Å²) in [6.07, 6.45) is 0. The summed E-state index contributed by atoms with van der Waals surface area (Å²) in [4.78, 5) is 15.4. The van der Waals surface area contributed by atoms with Crippen LogP contribution in [0.1, 0.15) is 18.1 Å². The average molecular weight is 375 g/mol. The van der Waals surface area contributed by atoms with Crippen LogP contribution in [0.5, 0.6) is 0 Å². The molecule has 140 valence electrons. The van der Waals surface area contributed by atoms with Gasteiger partial charge in [-0.25, -0.2) is 9.37 Å². The van der Waals surface area contributed by atoms with E-state index >= 15 is 0 Å². The molecular formula is C21H18FN5O. The molecule has 1 amide bonds. The number of nitrogens with one attached hydrogen (secondary N) is 3. The Hall–Kier alpha value is -3.92. The van der Waals surface area contributed by atoms with E-state index in [0.717, 1.165) is 11.6 Å². The van der Waals surface area contributed by atoms with E-state index in [-0.39, 0.29) is 23.1 Å². The number of carbonyl (C=O) groups excluding carboxylic acids is 1. The molecule has 0 bridgehead atoms. The van der Waals surface area contributed by atoms with Crippen molar-refractivity contribution in [2.24, 2.45) is 0 Å². The maximum atomic E-state index is 14.4. The molecule has 0 radical (unpaired) electrons. The van der Waals surface area contributed by atoms with Crippen LogP contribution in [0.3, 0.4) is 0 Å². The molecule has 0 aliphatic rings. The SMILES string of the molecule is CC(=O)Nc1cccc(Nc2nc(NCc3ccccc3)c(C#N)cc2F)c1. The van der Waals surface area contributed by atoms with Gasteiger partial charge in [-0.3, -0.25) is 4.79 Å². The second kappa shape index (κ2) is 8.64. The Morgan fingerprint density at radius 3 is 2.54 bits per heavy atom. The third-order valence-corrected chi connectivity index (χ3v) is 3.84. The highest BCUT2D eigenvalue weighted by molar-refractivity contribution is 5.89. The van der Waals surface area contributed by atoms with Crippen molar-refractivity contribution in [1.82, 2.24) is 4.98 Å². The molecule has 0 aliphatic carbocycles. The van der Waals surface area contributed by atoms with Crippen LogP contribution < -0.4 is 16.0 Å². The Morgan fingerprint density at radius 1 is 1.07 bits per heavy atom. The summed E-state index contributed by atoms with van der Waals surface area (Å²) in [5, 5.41) is 17.9. The minimum atomic E-state index is -0.647. The normalized spacial score (nSPS) is 10.0. The Kier molecular flexibility index (Phi) is 5.82. The van der Waals surface area contributed by atoms with Crippen molar-refractivity contribution in [1.29, 1.82) is 5.26 Å². The number of carbonyl (C=O) groups is 1. The Balaban J connectivity index is 1.83. The zero-order chi connectivity index (χ0) is 19.9. The van der Waals surface area contributed by atoms with Crippen molar-refractivity contribution >= 4 is 28.9 Å². The predicted octanol–water partition coefficient (Wildman–Crippen LogP) is 4.41. The molecule has 0 fully saturated rings. The molecule has 0 unspecified atom stereocenters. The standard InChI is InChI=1S/C21H18FN5O/c1-14(28)25-17-8-5-9-18(11-17)26-21-19(22)10-16(12-23)20(27-21)24-13-15-6-3-2-4-7-15/h2-11H,13H2,1H3,(H,25,28)(H2,24,26,27). The summed E-state index contributed by atoms with van der Waals surface area (Å²) < 4.78 is 14.4. The molecule has 6 nitrogen and oxygen atoms in total. The summed E-state index contributed by atoms with van der Waals surface area (Å²) in [7, 11) is 0. The number of pyridine rings is 1. The number of hydrogen-bond donors (Lipinski definition) is 3. The number of rotatable bonds is 6. The van der Waals surface area contributed by atoms with Crippen LogP contribution in [0.15, 0.2) is 60.7 Å². The molecule has 3 rings (SSSR count). The lowest BCUT2D eigenvalue weighted by Crippen LogP contribution is -2.08. The van der Waals surface area contributed by atoms with E-state index in [2.05, 4.69) is 20.9 Å². The first-order chi connectivity index (χ1) is 13.5. The number of nitriles is 1. The Labute approximate surface area is 162 Å². The van der Waals surface area contributed by atoms with Gasteiger partial charge < -0.3 is 16.0 Å². The third kappa shape index (κ3) is 4.83. The monoisotopic (exact) mass is 375 g/mol. The third-order valence-electron chi connectivity index (χ3n) is 3.84. The summed E-state index contributed by atoms with van der Waals surface area (Å²) in [5.74, 6) is -0.582. The van der Waals surface area contributed by atoms with Crippen LogP contribution in [-0.2, 0) is 11.3 Å². The van der Waals surface area contributed by atoms with Gasteiger partial charge in [0, 0.05) is 24.8 Å². The molecule has 0 spiro atoms. The highest BCUT2D eigenvalue weighted by atomic mass is 19.1. The van der Waals surface area contributed by atoms with E-state index in [1.54, 1.807) is 24.3 Å². The van der Waals surface area contributed by atoms with Gasteiger partial charge in [-0.2, -0.15) is 5.26 Å². The number of nitrogens with zero attached hydrogens (tertiary/aromatic N) is 2. The molecule has 7 heteroatoms. The van der Waals surface area contributed by atoms with Gasteiger partial charge in [0.05, 0.1) is 5.56 Å². The topological polar surface area (TPSA) is 89.8 Å². The first-order valence-electron chi connectivity index (χ1n) is 8.58. The lowest BCUT2D eigenvalue weighted by molar-refractivity contribution is -0.114. The maximum absolute atomic E-state index is 14.4. The van der Waals surface area contributed by atoms with E-state index in [4.69, 9.17) is 0 Å². The van der Waals surface area contributed by atoms with Crippen LogP contribution in [0.4, 0.5) is 27.4 Å². The largest absolute Gasteiger partial charge is 0.365 e. The molecular weight excluding hydrogens is 357 g/mol. The Morgan fingerprint density at radius 2 is 1.82 bits per heavy atom. The van der Waals surface area contributed by atoms with Crippen molar-refractivity contribution in [3.63, 3.8) is 0 Å². The van der Waals surface area contributed by atoms with Crippen LogP contribution in [0.25, 0.3) is 0 Å². The fourth-order valence-corrected chi connectivity index (χ4v) is 2.59. The molecule has 1 heterocycles. The molecule has 0 saturated carbocycles. The highest BCUT2D eigenvalue weighted by Crippen LogP contribution is 2.25. The minimum absolute atomic E-state index is 0.0189. The van der Waals surface area contributed by atoms with Crippen molar-refractivity contribution < 1.29 is 9.18 Å². The second-order valence-electron chi connectivity index (χ2n) is 6.05. The molecule has 3 aromatic rings. The van der Waals surface area contributed by atoms with Gasteiger partial charge >= 0.3 is 0 Å². The smallest absolute Gasteiger partial charge is 0.221 e. The predicted molar refractivity (Wildman–Crippen MR) is 107 cm³/mol. The van der Waals surface area contributed by atoms with Crippen LogP contribution in [-0.4, -0.2) is 10.9 Å². The van der Waals surface area contributed by atoms with Crippen LogP contribution in [0, 0.1) is 17.1 Å². The fourth-order valence-electron chi connectivity index (χ4n) is 2.59. The lowest BCUT2D eigenvalue weighted by atomic mass is 10.2. The van der Waals surface area contributed by atoms with Gasteiger partial charge in [-0.1, -0.05) is 36.4 Å². The van der Waals surface area contributed by atoms with E-state index in [1.807, 2.05) is 36.4 Å². The number of halogens is 1. The van der Waals surface area contributed by atoms with Crippen molar-refractivity contribution in [2.75, 3.05) is 16.0 Å². The molecule has 0 atom stereocenters. The number of benzene rings is 2. The van der Waals surface area contributed by atoms with Crippen molar-refractivity contribution in [3.05, 3.63) is 77.6 Å². The zero-order valence-electron chi connectivity index (χ0n) is 15.2. The summed E-state index contributed by atoms with van der Waals surface area (Å²) in [6, 6.07) is 19.5. The second-order valence-corrected chi connectivity index (χ2v) is 6.05. The van der Waals surface area contributed by atoms with Gasteiger partial charge in [0.15, 0.2) is 11.6 Å². The summed E-state index contributed by atoms with van der Waals surface area (Å²) in [6.45, 7) is 1.86. The van der Waals surface area contributed by atoms with Gasteiger partial charge in [0.2, 0.25) is 5.91 Å². The van der Waals surface area contributed by atoms with Crippen molar-refractivity contribution in [3.8, 4) is 6.07 Å². The first kappa shape index (κ1) is 18.9. The van der Waals surface area contributed by atoms with Gasteiger partial charge in [0.25, 0.3) is 0 Å². The van der Waals surface area contributed by atoms with Gasteiger partial charge in [-0.05, 0) is 29.8 Å². The van der Waals surface area contributed by atoms with E-state index in [0.29, 0.717) is 17.9 Å². The molecule has 28 heavy (non-hydrogen) atoms. The van der Waals surface area contributed by atoms with Gasteiger partial charge in [0.1, 0.15) is 11.9 Å². The quantitative estimate of drug-likeness (QED) is 0.594. The van der Waals surface area contributed by atoms with Crippen molar-refractivity contribution in [2.45, 2.75) is 13.5 Å². The molecule has 2 aromatic carbocycles. The average Bonchev–Trinajstić information content (AvgIpc) is 2.68. The molecule has 1 aromatic heterocycles. The zero-order valence-corrected chi connectivity index (χ0v) is 15.2. The van der Waals surface area contributed by atoms with Crippen LogP contribution in [0.2, 0.25) is 0 Å². The fraction of sp³-hybridized carbons (Fsp3) is 0.0952. The maximum Gasteiger partial charge on any atom is 0.221 e. The molecule has 0 saturated heterocycles. The minimum Gasteiger partial charge on any atom is -0.365 e. The summed E-state index contributed by atoms with van der Waals surface area (Å²) >= 11 is 0. The van der Waals surface area contributed by atoms with E-state index in [9.17, 15) is 14.4 Å². The van der Waals surface area contributed by atoms with Gasteiger partial charge in [-0.15, -0.1) is 0 Å². The Bertz CT molecular complexity index is 1030. The number of amides is 1. The lowest BCUT2D eigenvalue weighted by Gasteiger charge is -2.13. The first-order valence-corrected chi connectivity index (χ1v) is 8.58. The number of hydrogen-bond acceptors (Lipinski definition) is 5. The molecule has 0 aliphatic heterocycles. The number of aromatic nitrogens is 1. The highest BCUT2D eigenvalue weighted by Gasteiger charge is 2.12.